The minimum absolute atomic E-state index is 0.494. The second kappa shape index (κ2) is 4.53. The van der Waals surface area contributed by atoms with E-state index in [-0.39, 0.29) is 0 Å². The Morgan fingerprint density at radius 3 is 2.23 bits per heavy atom. The van der Waals surface area contributed by atoms with Crippen LogP contribution >= 0.6 is 0 Å². The molecule has 0 fully saturated rings. The molecule has 1 unspecified atom stereocenters. The smallest absolute Gasteiger partial charge is 0.162 e. The summed E-state index contributed by atoms with van der Waals surface area (Å²) in [4.78, 5) is 0. The third-order valence-corrected chi connectivity index (χ3v) is 2.31. The standard InChI is InChI=1S/C10H13O2S/c1-8(2)10-5-3-9(4-6-10)7-13(11)12/h3-8H,1-2H3,(H,11,12). The zero-order chi connectivity index (χ0) is 9.84. The maximum Gasteiger partial charge on any atom is 0.162 e. The normalized spacial score (nSPS) is 13.2. The van der Waals surface area contributed by atoms with Crippen molar-refractivity contribution < 1.29 is 8.76 Å². The van der Waals surface area contributed by atoms with Crippen LogP contribution in [-0.2, 0) is 11.1 Å². The average Bonchev–Trinajstić information content (AvgIpc) is 2.04. The Kier molecular flexibility index (Phi) is 3.63. The van der Waals surface area contributed by atoms with Gasteiger partial charge in [-0.15, -0.1) is 0 Å². The molecule has 2 nitrogen and oxygen atoms in total. The molecule has 1 atom stereocenters. The lowest BCUT2D eigenvalue weighted by atomic mass is 10.0. The number of benzene rings is 1. The molecule has 0 aliphatic rings. The topological polar surface area (TPSA) is 37.3 Å². The first-order chi connectivity index (χ1) is 6.09. The lowest BCUT2D eigenvalue weighted by molar-refractivity contribution is 0.571. The number of hydrogen-bond donors (Lipinski definition) is 1. The molecule has 1 aromatic rings. The molecule has 0 aliphatic heterocycles. The summed E-state index contributed by atoms with van der Waals surface area (Å²) in [6, 6.07) is 7.65. The van der Waals surface area contributed by atoms with Crippen molar-refractivity contribution in [3.05, 3.63) is 41.1 Å². The van der Waals surface area contributed by atoms with Gasteiger partial charge in [0.25, 0.3) is 0 Å². The summed E-state index contributed by atoms with van der Waals surface area (Å²) in [5.74, 6) is 1.80. The van der Waals surface area contributed by atoms with Crippen LogP contribution in [0, 0.1) is 5.75 Å². The van der Waals surface area contributed by atoms with Gasteiger partial charge in [0, 0.05) is 0 Å². The van der Waals surface area contributed by atoms with Gasteiger partial charge >= 0.3 is 0 Å². The quantitative estimate of drug-likeness (QED) is 0.756. The van der Waals surface area contributed by atoms with Crippen molar-refractivity contribution >= 4 is 11.1 Å². The maximum absolute atomic E-state index is 10.4. The van der Waals surface area contributed by atoms with E-state index in [2.05, 4.69) is 13.8 Å². The molecule has 0 aliphatic carbocycles. The molecule has 0 spiro atoms. The van der Waals surface area contributed by atoms with Crippen LogP contribution < -0.4 is 0 Å². The summed E-state index contributed by atoms with van der Waals surface area (Å²) in [7, 11) is 0. The minimum Gasteiger partial charge on any atom is -0.306 e. The third kappa shape index (κ3) is 3.28. The van der Waals surface area contributed by atoms with E-state index in [1.165, 1.54) is 11.3 Å². The SMILES string of the molecule is CC(C)c1ccc([CH]S(=O)O)cc1. The van der Waals surface area contributed by atoms with E-state index in [0.29, 0.717) is 5.92 Å². The molecule has 1 aromatic carbocycles. The lowest BCUT2D eigenvalue weighted by Crippen LogP contribution is -1.91. The lowest BCUT2D eigenvalue weighted by Gasteiger charge is -2.05. The molecule has 0 heterocycles. The maximum atomic E-state index is 10.4. The van der Waals surface area contributed by atoms with Crippen molar-refractivity contribution in [1.82, 2.24) is 0 Å². The third-order valence-electron chi connectivity index (χ3n) is 1.84. The van der Waals surface area contributed by atoms with Crippen LogP contribution in [0.2, 0.25) is 0 Å². The predicted molar refractivity (Wildman–Crippen MR) is 54.7 cm³/mol. The highest BCUT2D eigenvalue weighted by Gasteiger charge is 2.01. The number of hydrogen-bond acceptors (Lipinski definition) is 1. The Bertz CT molecular complexity index is 290. The van der Waals surface area contributed by atoms with E-state index >= 15 is 0 Å². The monoisotopic (exact) mass is 197 g/mol. The van der Waals surface area contributed by atoms with E-state index in [0.717, 1.165) is 5.56 Å². The van der Waals surface area contributed by atoms with Gasteiger partial charge in [0.15, 0.2) is 11.1 Å². The molecule has 0 bridgehead atoms. The Labute approximate surface area is 81.3 Å². The minimum atomic E-state index is -1.86. The van der Waals surface area contributed by atoms with Gasteiger partial charge in [-0.05, 0) is 17.0 Å². The van der Waals surface area contributed by atoms with Gasteiger partial charge in [0.2, 0.25) is 0 Å². The first-order valence-electron chi connectivity index (χ1n) is 4.14. The Balaban J connectivity index is 2.75. The molecule has 1 rings (SSSR count). The van der Waals surface area contributed by atoms with Crippen LogP contribution in [0.5, 0.6) is 0 Å². The zero-order valence-electron chi connectivity index (χ0n) is 7.73. The van der Waals surface area contributed by atoms with Crippen molar-refractivity contribution in [2.75, 3.05) is 0 Å². The molecular formula is C10H13O2S. The van der Waals surface area contributed by atoms with Crippen molar-refractivity contribution in [3.63, 3.8) is 0 Å². The van der Waals surface area contributed by atoms with Crippen LogP contribution in [-0.4, -0.2) is 8.76 Å². The van der Waals surface area contributed by atoms with Crippen LogP contribution in [0.4, 0.5) is 0 Å². The molecular weight excluding hydrogens is 184 g/mol. The molecule has 0 aromatic heterocycles. The summed E-state index contributed by atoms with van der Waals surface area (Å²) < 4.78 is 19.0. The predicted octanol–water partition coefficient (Wildman–Crippen LogP) is 2.54. The first kappa shape index (κ1) is 10.4. The van der Waals surface area contributed by atoms with Crippen LogP contribution in [0.3, 0.4) is 0 Å². The molecule has 0 saturated heterocycles. The summed E-state index contributed by atoms with van der Waals surface area (Å²) >= 11 is -1.86. The highest BCUT2D eigenvalue weighted by atomic mass is 32.2. The molecule has 0 saturated carbocycles. The van der Waals surface area contributed by atoms with Gasteiger partial charge in [0.05, 0.1) is 0 Å². The largest absolute Gasteiger partial charge is 0.306 e. The van der Waals surface area contributed by atoms with Crippen LogP contribution in [0.25, 0.3) is 0 Å². The fourth-order valence-electron chi connectivity index (χ4n) is 1.08. The summed E-state index contributed by atoms with van der Waals surface area (Å²) in [6.45, 7) is 4.23. The van der Waals surface area contributed by atoms with E-state index in [4.69, 9.17) is 4.55 Å². The fourth-order valence-corrected chi connectivity index (χ4v) is 1.47. The molecule has 0 amide bonds. The Morgan fingerprint density at radius 2 is 1.85 bits per heavy atom. The summed E-state index contributed by atoms with van der Waals surface area (Å²) in [5, 5.41) is 0. The molecule has 3 heteroatoms. The molecule has 1 N–H and O–H groups in total. The van der Waals surface area contributed by atoms with E-state index < -0.39 is 11.1 Å². The van der Waals surface area contributed by atoms with E-state index in [1.807, 2.05) is 24.3 Å². The van der Waals surface area contributed by atoms with Crippen LogP contribution in [0.15, 0.2) is 24.3 Å². The van der Waals surface area contributed by atoms with Crippen LogP contribution in [0.1, 0.15) is 30.9 Å². The van der Waals surface area contributed by atoms with Gasteiger partial charge < -0.3 is 4.55 Å². The average molecular weight is 197 g/mol. The van der Waals surface area contributed by atoms with Gasteiger partial charge in [-0.1, -0.05) is 38.1 Å². The Morgan fingerprint density at radius 1 is 1.31 bits per heavy atom. The van der Waals surface area contributed by atoms with Gasteiger partial charge in [-0.25, -0.2) is 4.21 Å². The van der Waals surface area contributed by atoms with E-state index in [9.17, 15) is 4.21 Å². The van der Waals surface area contributed by atoms with Crippen molar-refractivity contribution in [2.45, 2.75) is 19.8 Å². The summed E-state index contributed by atoms with van der Waals surface area (Å²) in [6.07, 6.45) is 0. The highest BCUT2D eigenvalue weighted by molar-refractivity contribution is 7.81. The van der Waals surface area contributed by atoms with Crippen molar-refractivity contribution in [2.24, 2.45) is 0 Å². The van der Waals surface area contributed by atoms with Gasteiger partial charge in [-0.3, -0.25) is 0 Å². The Hall–Kier alpha value is -0.670. The molecule has 71 valence electrons. The first-order valence-corrected chi connectivity index (χ1v) is 5.31. The van der Waals surface area contributed by atoms with E-state index in [1.54, 1.807) is 0 Å². The summed E-state index contributed by atoms with van der Waals surface area (Å²) in [5.41, 5.74) is 2.02. The van der Waals surface area contributed by atoms with Crippen molar-refractivity contribution in [1.29, 1.82) is 0 Å². The van der Waals surface area contributed by atoms with Gasteiger partial charge in [-0.2, -0.15) is 0 Å². The second-order valence-corrected chi connectivity index (χ2v) is 4.00. The highest BCUT2D eigenvalue weighted by Crippen LogP contribution is 2.15. The van der Waals surface area contributed by atoms with Crippen molar-refractivity contribution in [3.8, 4) is 0 Å². The zero-order valence-corrected chi connectivity index (χ0v) is 8.54. The number of rotatable bonds is 3. The van der Waals surface area contributed by atoms with Gasteiger partial charge in [0.1, 0.15) is 5.75 Å². The molecule has 13 heavy (non-hydrogen) atoms. The second-order valence-electron chi connectivity index (χ2n) is 3.22. The molecule has 1 radical (unpaired) electrons. The fraction of sp³-hybridized carbons (Fsp3) is 0.300.